The van der Waals surface area contributed by atoms with Crippen molar-refractivity contribution in [2.75, 3.05) is 26.2 Å². The zero-order valence-corrected chi connectivity index (χ0v) is 14.8. The smallest absolute Gasteiger partial charge is 0.272 e. The second kappa shape index (κ2) is 7.38. The first-order valence-corrected chi connectivity index (χ1v) is 9.02. The normalized spacial score (nSPS) is 17.8. The highest BCUT2D eigenvalue weighted by Gasteiger charge is 2.23. The molecular formula is C17H22N4O2S. The Labute approximate surface area is 145 Å². The van der Waals surface area contributed by atoms with Gasteiger partial charge in [0.2, 0.25) is 0 Å². The monoisotopic (exact) mass is 346 g/mol. The standard InChI is InChI=1S/C17H22N4O2S/c1-13-3-4-15(11-16(13)21(22)23)12-19-6-8-20(9-7-19)14(2)17-18-5-10-24-17/h3-5,10-11,14H,6-9,12H2,1-2H3. The van der Waals surface area contributed by atoms with Gasteiger partial charge in [-0.05, 0) is 19.4 Å². The van der Waals surface area contributed by atoms with E-state index in [9.17, 15) is 10.1 Å². The number of piperazine rings is 1. The van der Waals surface area contributed by atoms with Gasteiger partial charge in [-0.2, -0.15) is 0 Å². The molecule has 3 rings (SSSR count). The first-order valence-electron chi connectivity index (χ1n) is 8.14. The van der Waals surface area contributed by atoms with Crippen molar-refractivity contribution >= 4 is 17.0 Å². The maximum Gasteiger partial charge on any atom is 0.272 e. The number of nitro benzene ring substituents is 1. The molecule has 2 aromatic rings. The van der Waals surface area contributed by atoms with Gasteiger partial charge in [0.15, 0.2) is 0 Å². The van der Waals surface area contributed by atoms with E-state index >= 15 is 0 Å². The van der Waals surface area contributed by atoms with Crippen molar-refractivity contribution in [3.63, 3.8) is 0 Å². The lowest BCUT2D eigenvalue weighted by molar-refractivity contribution is -0.385. The van der Waals surface area contributed by atoms with Crippen LogP contribution in [-0.4, -0.2) is 45.9 Å². The van der Waals surface area contributed by atoms with Crippen molar-refractivity contribution in [3.8, 4) is 0 Å². The van der Waals surface area contributed by atoms with Crippen LogP contribution in [0.5, 0.6) is 0 Å². The fourth-order valence-corrected chi connectivity index (χ4v) is 3.84. The molecular weight excluding hydrogens is 324 g/mol. The van der Waals surface area contributed by atoms with Crippen LogP contribution in [0.1, 0.15) is 29.1 Å². The number of hydrogen-bond acceptors (Lipinski definition) is 6. The molecule has 7 heteroatoms. The Morgan fingerprint density at radius 2 is 2.08 bits per heavy atom. The number of thiazole rings is 1. The van der Waals surface area contributed by atoms with Crippen LogP contribution in [0.2, 0.25) is 0 Å². The molecule has 0 aliphatic carbocycles. The van der Waals surface area contributed by atoms with Gasteiger partial charge in [-0.15, -0.1) is 11.3 Å². The molecule has 1 unspecified atom stereocenters. The van der Waals surface area contributed by atoms with Crippen molar-refractivity contribution in [2.45, 2.75) is 26.4 Å². The molecule has 1 aliphatic heterocycles. The van der Waals surface area contributed by atoms with E-state index in [1.165, 1.54) is 0 Å². The topological polar surface area (TPSA) is 62.5 Å². The van der Waals surface area contributed by atoms with Crippen molar-refractivity contribution in [1.82, 2.24) is 14.8 Å². The van der Waals surface area contributed by atoms with Crippen molar-refractivity contribution in [2.24, 2.45) is 0 Å². The minimum Gasteiger partial charge on any atom is -0.297 e. The average Bonchev–Trinajstić information content (AvgIpc) is 3.11. The summed E-state index contributed by atoms with van der Waals surface area (Å²) in [6.45, 7) is 8.68. The zero-order chi connectivity index (χ0) is 17.1. The lowest BCUT2D eigenvalue weighted by atomic mass is 10.1. The highest BCUT2D eigenvalue weighted by atomic mass is 32.1. The summed E-state index contributed by atoms with van der Waals surface area (Å²) in [7, 11) is 0. The van der Waals surface area contributed by atoms with Gasteiger partial charge in [-0.1, -0.05) is 12.1 Å². The summed E-state index contributed by atoms with van der Waals surface area (Å²) in [5, 5.41) is 14.3. The Morgan fingerprint density at radius 3 is 2.71 bits per heavy atom. The van der Waals surface area contributed by atoms with Crippen LogP contribution in [0.25, 0.3) is 0 Å². The minimum absolute atomic E-state index is 0.212. The fourth-order valence-electron chi connectivity index (χ4n) is 3.11. The van der Waals surface area contributed by atoms with Gasteiger partial charge in [0, 0.05) is 55.9 Å². The summed E-state index contributed by atoms with van der Waals surface area (Å²) < 4.78 is 0. The summed E-state index contributed by atoms with van der Waals surface area (Å²) in [6.07, 6.45) is 1.86. The second-order valence-electron chi connectivity index (χ2n) is 6.24. The van der Waals surface area contributed by atoms with Gasteiger partial charge < -0.3 is 0 Å². The Bertz CT molecular complexity index is 697. The summed E-state index contributed by atoms with van der Waals surface area (Å²) in [6, 6.07) is 5.90. The molecule has 1 saturated heterocycles. The van der Waals surface area contributed by atoms with Crippen molar-refractivity contribution < 1.29 is 4.92 Å². The number of hydrogen-bond donors (Lipinski definition) is 0. The van der Waals surface area contributed by atoms with E-state index in [4.69, 9.17) is 0 Å². The number of aryl methyl sites for hydroxylation is 1. The number of nitrogens with zero attached hydrogens (tertiary/aromatic N) is 4. The molecule has 6 nitrogen and oxygen atoms in total. The van der Waals surface area contributed by atoms with Crippen LogP contribution < -0.4 is 0 Å². The number of rotatable bonds is 5. The van der Waals surface area contributed by atoms with E-state index in [1.807, 2.05) is 23.7 Å². The van der Waals surface area contributed by atoms with Crippen molar-refractivity contribution in [1.29, 1.82) is 0 Å². The molecule has 24 heavy (non-hydrogen) atoms. The molecule has 1 aromatic carbocycles. The maximum atomic E-state index is 11.1. The minimum atomic E-state index is -0.299. The van der Waals surface area contributed by atoms with Crippen LogP contribution in [0.3, 0.4) is 0 Å². The molecule has 1 aliphatic rings. The molecule has 0 bridgehead atoms. The molecule has 2 heterocycles. The largest absolute Gasteiger partial charge is 0.297 e. The van der Waals surface area contributed by atoms with E-state index in [2.05, 4.69) is 21.7 Å². The molecule has 128 valence electrons. The molecule has 1 aromatic heterocycles. The Morgan fingerprint density at radius 1 is 1.33 bits per heavy atom. The highest BCUT2D eigenvalue weighted by molar-refractivity contribution is 7.09. The average molecular weight is 346 g/mol. The van der Waals surface area contributed by atoms with Crippen LogP contribution in [0, 0.1) is 17.0 Å². The van der Waals surface area contributed by atoms with E-state index < -0.39 is 0 Å². The summed E-state index contributed by atoms with van der Waals surface area (Å²) >= 11 is 1.70. The first kappa shape index (κ1) is 17.0. The number of nitro groups is 1. The first-order chi connectivity index (χ1) is 11.5. The molecule has 0 radical (unpaired) electrons. The lowest BCUT2D eigenvalue weighted by Gasteiger charge is -2.37. The van der Waals surface area contributed by atoms with Crippen LogP contribution >= 0.6 is 11.3 Å². The third-order valence-electron chi connectivity index (χ3n) is 4.64. The van der Waals surface area contributed by atoms with Crippen molar-refractivity contribution in [3.05, 3.63) is 56.0 Å². The molecule has 1 fully saturated rings. The number of benzene rings is 1. The summed E-state index contributed by atoms with van der Waals surface area (Å²) in [4.78, 5) is 20.0. The van der Waals surface area contributed by atoms with E-state index in [1.54, 1.807) is 24.3 Å². The summed E-state index contributed by atoms with van der Waals surface area (Å²) in [5.41, 5.74) is 1.93. The van der Waals surface area contributed by atoms with Crippen LogP contribution in [0.15, 0.2) is 29.8 Å². The van der Waals surface area contributed by atoms with Gasteiger partial charge in [-0.3, -0.25) is 19.9 Å². The molecule has 0 saturated carbocycles. The third-order valence-corrected chi connectivity index (χ3v) is 5.59. The second-order valence-corrected chi connectivity index (χ2v) is 7.16. The van der Waals surface area contributed by atoms with Gasteiger partial charge >= 0.3 is 0 Å². The maximum absolute atomic E-state index is 11.1. The molecule has 0 spiro atoms. The Kier molecular flexibility index (Phi) is 5.23. The molecule has 1 atom stereocenters. The molecule has 0 amide bonds. The van der Waals surface area contributed by atoms with Crippen LogP contribution in [-0.2, 0) is 6.54 Å². The van der Waals surface area contributed by atoms with Gasteiger partial charge in [-0.25, -0.2) is 4.98 Å². The predicted molar refractivity (Wildman–Crippen MR) is 95.2 cm³/mol. The Hall–Kier alpha value is -1.83. The third kappa shape index (κ3) is 3.80. The molecule has 0 N–H and O–H groups in total. The SMILES string of the molecule is Cc1ccc(CN2CCN(C(C)c3nccs3)CC2)cc1[N+](=O)[O-]. The fraction of sp³-hybridized carbons (Fsp3) is 0.471. The quantitative estimate of drug-likeness (QED) is 0.614. The van der Waals surface area contributed by atoms with E-state index in [0.717, 1.165) is 43.3 Å². The van der Waals surface area contributed by atoms with Crippen LogP contribution in [0.4, 0.5) is 5.69 Å². The van der Waals surface area contributed by atoms with E-state index in [0.29, 0.717) is 11.6 Å². The highest BCUT2D eigenvalue weighted by Crippen LogP contribution is 2.24. The lowest BCUT2D eigenvalue weighted by Crippen LogP contribution is -2.46. The predicted octanol–water partition coefficient (Wildman–Crippen LogP) is 3.24. The zero-order valence-electron chi connectivity index (χ0n) is 14.0. The van der Waals surface area contributed by atoms with Gasteiger partial charge in [0.25, 0.3) is 5.69 Å². The van der Waals surface area contributed by atoms with Gasteiger partial charge in [0.1, 0.15) is 5.01 Å². The van der Waals surface area contributed by atoms with Gasteiger partial charge in [0.05, 0.1) is 11.0 Å². The summed E-state index contributed by atoms with van der Waals surface area (Å²) in [5.74, 6) is 0. The van der Waals surface area contributed by atoms with E-state index in [-0.39, 0.29) is 10.6 Å². The Balaban J connectivity index is 1.58. The number of aromatic nitrogens is 1.